The second-order valence-electron chi connectivity index (χ2n) is 6.76. The second kappa shape index (κ2) is 8.85. The minimum absolute atomic E-state index is 0.575. The lowest BCUT2D eigenvalue weighted by Gasteiger charge is -2.32. The second-order valence-corrected chi connectivity index (χ2v) is 7.17. The van der Waals surface area contributed by atoms with Gasteiger partial charge in [0.05, 0.1) is 19.0 Å². The summed E-state index contributed by atoms with van der Waals surface area (Å²) < 4.78 is 5.05. The molecular weight excluding hydrogens is 344 g/mol. The van der Waals surface area contributed by atoms with E-state index in [9.17, 15) is 0 Å². The fourth-order valence-electron chi connectivity index (χ4n) is 3.18. The first-order valence-electron chi connectivity index (χ1n) is 9.03. The predicted molar refractivity (Wildman–Crippen MR) is 111 cm³/mol. The average molecular weight is 371 g/mol. The summed E-state index contributed by atoms with van der Waals surface area (Å²) in [6, 6.07) is 12.4. The van der Waals surface area contributed by atoms with Crippen molar-refractivity contribution >= 4 is 28.7 Å². The molecule has 1 aromatic carbocycles. The Bertz CT molecular complexity index is 718. The summed E-state index contributed by atoms with van der Waals surface area (Å²) in [5.41, 5.74) is 3.35. The topological polar surface area (TPSA) is 49.4 Å². The van der Waals surface area contributed by atoms with Gasteiger partial charge in [-0.25, -0.2) is 4.98 Å². The maximum absolute atomic E-state index is 5.35. The van der Waals surface area contributed by atoms with Crippen molar-refractivity contribution in [2.24, 2.45) is 5.92 Å². The molecule has 1 aliphatic heterocycles. The molecule has 2 aromatic rings. The van der Waals surface area contributed by atoms with Gasteiger partial charge in [-0.3, -0.25) is 0 Å². The largest absolute Gasteiger partial charge is 0.481 e. The van der Waals surface area contributed by atoms with Gasteiger partial charge < -0.3 is 20.3 Å². The van der Waals surface area contributed by atoms with Gasteiger partial charge in [-0.2, -0.15) is 0 Å². The van der Waals surface area contributed by atoms with E-state index in [1.807, 2.05) is 6.07 Å². The number of hydrogen-bond donors (Lipinski definition) is 2. The summed E-state index contributed by atoms with van der Waals surface area (Å²) in [5, 5.41) is 6.93. The summed E-state index contributed by atoms with van der Waals surface area (Å²) >= 11 is 5.35. The zero-order valence-corrected chi connectivity index (χ0v) is 16.2. The number of rotatable bonds is 5. The van der Waals surface area contributed by atoms with E-state index in [1.54, 1.807) is 19.4 Å². The number of aromatic nitrogens is 1. The van der Waals surface area contributed by atoms with E-state index < -0.39 is 0 Å². The Labute approximate surface area is 160 Å². The van der Waals surface area contributed by atoms with Gasteiger partial charge in [0.15, 0.2) is 5.11 Å². The number of methoxy groups -OCH3 is 1. The third-order valence-electron chi connectivity index (χ3n) is 4.61. The molecule has 0 bridgehead atoms. The van der Waals surface area contributed by atoms with Crippen LogP contribution in [0.5, 0.6) is 5.88 Å². The number of benzene rings is 1. The molecule has 1 aliphatic rings. The first kappa shape index (κ1) is 18.5. The highest BCUT2D eigenvalue weighted by Gasteiger charge is 2.16. The van der Waals surface area contributed by atoms with Crippen LogP contribution in [0, 0.1) is 5.92 Å². The SMILES string of the molecule is COc1ccc(NC(=S)NCc2ccc(N3CCCC(C)C3)cc2)cn1. The van der Waals surface area contributed by atoms with Crippen LogP contribution >= 0.6 is 12.2 Å². The predicted octanol–water partition coefficient (Wildman–Crippen LogP) is 3.81. The molecule has 5 nitrogen and oxygen atoms in total. The molecule has 6 heteroatoms. The van der Waals surface area contributed by atoms with Crippen LogP contribution < -0.4 is 20.3 Å². The molecule has 0 saturated carbocycles. The normalized spacial score (nSPS) is 16.8. The van der Waals surface area contributed by atoms with Crippen LogP contribution in [0.4, 0.5) is 11.4 Å². The van der Waals surface area contributed by atoms with Crippen molar-refractivity contribution in [2.75, 3.05) is 30.4 Å². The number of pyridine rings is 1. The van der Waals surface area contributed by atoms with Gasteiger partial charge in [0.2, 0.25) is 5.88 Å². The molecule has 0 spiro atoms. The smallest absolute Gasteiger partial charge is 0.213 e. The molecular formula is C20H26N4OS. The van der Waals surface area contributed by atoms with E-state index in [2.05, 4.69) is 51.7 Å². The van der Waals surface area contributed by atoms with Gasteiger partial charge in [-0.15, -0.1) is 0 Å². The van der Waals surface area contributed by atoms with Crippen LogP contribution in [0.3, 0.4) is 0 Å². The summed E-state index contributed by atoms with van der Waals surface area (Å²) in [6.07, 6.45) is 4.32. The van der Waals surface area contributed by atoms with Crippen LogP contribution in [-0.4, -0.2) is 30.3 Å². The van der Waals surface area contributed by atoms with Gasteiger partial charge in [-0.05, 0) is 54.7 Å². The summed E-state index contributed by atoms with van der Waals surface area (Å²) in [6.45, 7) is 5.33. The molecule has 0 amide bonds. The molecule has 138 valence electrons. The Hall–Kier alpha value is -2.34. The number of ether oxygens (including phenoxy) is 1. The van der Waals surface area contributed by atoms with Crippen molar-refractivity contribution < 1.29 is 4.74 Å². The molecule has 3 rings (SSSR count). The Morgan fingerprint density at radius 2 is 2.08 bits per heavy atom. The number of hydrogen-bond acceptors (Lipinski definition) is 4. The fraction of sp³-hybridized carbons (Fsp3) is 0.400. The maximum Gasteiger partial charge on any atom is 0.213 e. The molecule has 1 fully saturated rings. The van der Waals surface area contributed by atoms with Gasteiger partial charge in [0, 0.05) is 31.4 Å². The Balaban J connectivity index is 1.48. The number of thiocarbonyl (C=S) groups is 1. The zero-order chi connectivity index (χ0) is 18.4. The zero-order valence-electron chi connectivity index (χ0n) is 15.4. The van der Waals surface area contributed by atoms with Crippen LogP contribution in [0.1, 0.15) is 25.3 Å². The highest BCUT2D eigenvalue weighted by molar-refractivity contribution is 7.80. The third kappa shape index (κ3) is 5.08. The van der Waals surface area contributed by atoms with E-state index in [0.717, 1.165) is 24.7 Å². The minimum atomic E-state index is 0.575. The number of piperidine rings is 1. The first-order valence-corrected chi connectivity index (χ1v) is 9.43. The van der Waals surface area contributed by atoms with Crippen molar-refractivity contribution in [3.05, 3.63) is 48.2 Å². The number of anilines is 2. The maximum atomic E-state index is 5.35. The van der Waals surface area contributed by atoms with Crippen molar-refractivity contribution in [3.63, 3.8) is 0 Å². The van der Waals surface area contributed by atoms with E-state index in [4.69, 9.17) is 17.0 Å². The molecule has 1 aromatic heterocycles. The average Bonchev–Trinajstić information content (AvgIpc) is 2.67. The Morgan fingerprint density at radius 1 is 1.27 bits per heavy atom. The highest BCUT2D eigenvalue weighted by Crippen LogP contribution is 2.23. The van der Waals surface area contributed by atoms with Gasteiger partial charge in [0.25, 0.3) is 0 Å². The van der Waals surface area contributed by atoms with Crippen LogP contribution in [-0.2, 0) is 6.54 Å². The van der Waals surface area contributed by atoms with Crippen LogP contribution in [0.25, 0.3) is 0 Å². The van der Waals surface area contributed by atoms with E-state index >= 15 is 0 Å². The highest BCUT2D eigenvalue weighted by atomic mass is 32.1. The molecule has 1 saturated heterocycles. The molecule has 0 radical (unpaired) electrons. The minimum Gasteiger partial charge on any atom is -0.481 e. The quantitative estimate of drug-likeness (QED) is 0.781. The lowest BCUT2D eigenvalue weighted by Crippen LogP contribution is -2.34. The molecule has 0 aliphatic carbocycles. The molecule has 2 heterocycles. The van der Waals surface area contributed by atoms with Crippen molar-refractivity contribution in [1.82, 2.24) is 10.3 Å². The summed E-state index contributed by atoms with van der Waals surface area (Å²) in [4.78, 5) is 6.63. The Morgan fingerprint density at radius 3 is 2.73 bits per heavy atom. The summed E-state index contributed by atoms with van der Waals surface area (Å²) in [5.74, 6) is 1.36. The van der Waals surface area contributed by atoms with Crippen molar-refractivity contribution in [2.45, 2.75) is 26.3 Å². The lowest BCUT2D eigenvalue weighted by molar-refractivity contribution is 0.398. The van der Waals surface area contributed by atoms with Gasteiger partial charge in [0.1, 0.15) is 0 Å². The molecule has 26 heavy (non-hydrogen) atoms. The Kier molecular flexibility index (Phi) is 6.28. The van der Waals surface area contributed by atoms with E-state index in [0.29, 0.717) is 17.5 Å². The fourth-order valence-corrected chi connectivity index (χ4v) is 3.37. The standard InChI is InChI=1S/C20H26N4OS/c1-15-4-3-11-24(14-15)18-8-5-16(6-9-18)12-22-20(26)23-17-7-10-19(25-2)21-13-17/h5-10,13,15H,3-4,11-12,14H2,1-2H3,(H2,22,23,26). The van der Waals surface area contributed by atoms with Gasteiger partial charge >= 0.3 is 0 Å². The van der Waals surface area contributed by atoms with Crippen molar-refractivity contribution in [1.29, 1.82) is 0 Å². The first-order chi connectivity index (χ1) is 12.6. The third-order valence-corrected chi connectivity index (χ3v) is 4.86. The van der Waals surface area contributed by atoms with E-state index in [1.165, 1.54) is 24.1 Å². The molecule has 1 atom stereocenters. The van der Waals surface area contributed by atoms with Crippen molar-refractivity contribution in [3.8, 4) is 5.88 Å². The molecule has 1 unspecified atom stereocenters. The number of nitrogens with one attached hydrogen (secondary N) is 2. The number of nitrogens with zero attached hydrogens (tertiary/aromatic N) is 2. The van der Waals surface area contributed by atoms with E-state index in [-0.39, 0.29) is 0 Å². The van der Waals surface area contributed by atoms with Crippen LogP contribution in [0.15, 0.2) is 42.6 Å². The van der Waals surface area contributed by atoms with Crippen LogP contribution in [0.2, 0.25) is 0 Å². The summed E-state index contributed by atoms with van der Waals surface area (Å²) in [7, 11) is 1.60. The van der Waals surface area contributed by atoms with Gasteiger partial charge in [-0.1, -0.05) is 19.1 Å². The monoisotopic (exact) mass is 370 g/mol. The molecule has 2 N–H and O–H groups in total. The lowest BCUT2D eigenvalue weighted by atomic mass is 9.99.